The molecular weight excluding hydrogens is 280 g/mol. The van der Waals surface area contributed by atoms with E-state index in [1.54, 1.807) is 43.5 Å². The average Bonchev–Trinajstić information content (AvgIpc) is 2.49. The van der Waals surface area contributed by atoms with E-state index >= 15 is 0 Å². The third-order valence-electron chi connectivity index (χ3n) is 3.17. The fraction of sp³-hybridized carbons (Fsp3) is 0.235. The molecule has 1 aromatic heterocycles. The van der Waals surface area contributed by atoms with Gasteiger partial charge in [-0.15, -0.1) is 0 Å². The molecule has 1 N–H and O–H groups in total. The summed E-state index contributed by atoms with van der Waals surface area (Å²) >= 11 is 0. The number of carbonyl (C=O) groups excluding carboxylic acids is 2. The summed E-state index contributed by atoms with van der Waals surface area (Å²) in [4.78, 5) is 27.6. The Hall–Kier alpha value is -2.69. The highest BCUT2D eigenvalue weighted by atomic mass is 16.5. The maximum Gasteiger partial charge on any atom is 0.266 e. The first-order valence-electron chi connectivity index (χ1n) is 6.97. The van der Waals surface area contributed by atoms with Gasteiger partial charge in [0, 0.05) is 11.8 Å². The Morgan fingerprint density at radius 1 is 1.23 bits per heavy atom. The number of benzene rings is 1. The maximum atomic E-state index is 12.1. The van der Waals surface area contributed by atoms with Crippen molar-refractivity contribution in [1.82, 2.24) is 4.98 Å². The molecule has 1 atom stereocenters. The monoisotopic (exact) mass is 298 g/mol. The molecular formula is C17H18N2O3. The van der Waals surface area contributed by atoms with Gasteiger partial charge in [0.25, 0.3) is 5.91 Å². The van der Waals surface area contributed by atoms with E-state index in [0.29, 0.717) is 17.1 Å². The molecule has 0 saturated heterocycles. The smallest absolute Gasteiger partial charge is 0.266 e. The first-order valence-corrected chi connectivity index (χ1v) is 6.97. The number of carbonyl (C=O) groups is 2. The normalized spacial score (nSPS) is 11.6. The number of pyridine rings is 1. The summed E-state index contributed by atoms with van der Waals surface area (Å²) in [6.45, 7) is 5.00. The standard InChI is InChI=1S/C17H18N2O3/c1-11-6-5-9-18-16(11)19-17(21)13(3)22-15-8-4-7-14(10-15)12(2)20/h4-10,13H,1-3H3,(H,18,19,21). The number of nitrogens with zero attached hydrogens (tertiary/aromatic N) is 1. The highest BCUT2D eigenvalue weighted by molar-refractivity contribution is 5.95. The Labute approximate surface area is 129 Å². The minimum absolute atomic E-state index is 0.0494. The summed E-state index contributed by atoms with van der Waals surface area (Å²) in [7, 11) is 0. The van der Waals surface area contributed by atoms with Gasteiger partial charge < -0.3 is 10.1 Å². The lowest BCUT2D eigenvalue weighted by Gasteiger charge is -2.15. The predicted octanol–water partition coefficient (Wildman–Crippen LogP) is 3.00. The summed E-state index contributed by atoms with van der Waals surface area (Å²) in [6, 6.07) is 10.4. The number of Topliss-reactive ketones (excluding diaryl/α,β-unsaturated/α-hetero) is 1. The molecule has 1 amide bonds. The summed E-state index contributed by atoms with van der Waals surface area (Å²) in [5.74, 6) is 0.648. The van der Waals surface area contributed by atoms with Crippen LogP contribution in [0.5, 0.6) is 5.75 Å². The van der Waals surface area contributed by atoms with Crippen LogP contribution >= 0.6 is 0 Å². The molecule has 1 unspecified atom stereocenters. The van der Waals surface area contributed by atoms with Crippen LogP contribution in [0.4, 0.5) is 5.82 Å². The van der Waals surface area contributed by atoms with Crippen LogP contribution < -0.4 is 10.1 Å². The first-order chi connectivity index (χ1) is 10.5. The number of hydrogen-bond acceptors (Lipinski definition) is 4. The van der Waals surface area contributed by atoms with E-state index in [2.05, 4.69) is 10.3 Å². The fourth-order valence-electron chi connectivity index (χ4n) is 1.88. The molecule has 1 aromatic carbocycles. The van der Waals surface area contributed by atoms with Gasteiger partial charge in [0.1, 0.15) is 11.6 Å². The van der Waals surface area contributed by atoms with Crippen molar-refractivity contribution < 1.29 is 14.3 Å². The summed E-state index contributed by atoms with van der Waals surface area (Å²) in [6.07, 6.45) is 0.911. The molecule has 0 aliphatic rings. The number of hydrogen-bond donors (Lipinski definition) is 1. The number of nitrogens with one attached hydrogen (secondary N) is 1. The Balaban J connectivity index is 2.04. The fourth-order valence-corrected chi connectivity index (χ4v) is 1.88. The van der Waals surface area contributed by atoms with E-state index in [4.69, 9.17) is 4.74 Å². The predicted molar refractivity (Wildman–Crippen MR) is 84.1 cm³/mol. The zero-order valence-electron chi connectivity index (χ0n) is 12.8. The number of aromatic nitrogens is 1. The molecule has 0 aliphatic carbocycles. The van der Waals surface area contributed by atoms with Crippen LogP contribution in [0.1, 0.15) is 29.8 Å². The number of amides is 1. The SMILES string of the molecule is CC(=O)c1cccc(OC(C)C(=O)Nc2ncccc2C)c1. The van der Waals surface area contributed by atoms with E-state index in [1.807, 2.05) is 13.0 Å². The van der Waals surface area contributed by atoms with Crippen molar-refractivity contribution in [3.05, 3.63) is 53.7 Å². The summed E-state index contributed by atoms with van der Waals surface area (Å²) in [5, 5.41) is 2.73. The van der Waals surface area contributed by atoms with Crippen molar-refractivity contribution in [2.24, 2.45) is 0 Å². The van der Waals surface area contributed by atoms with Gasteiger partial charge in [-0.3, -0.25) is 9.59 Å². The van der Waals surface area contributed by atoms with Crippen LogP contribution in [0, 0.1) is 6.92 Å². The van der Waals surface area contributed by atoms with Crippen molar-refractivity contribution in [3.63, 3.8) is 0 Å². The molecule has 0 aliphatic heterocycles. The molecule has 22 heavy (non-hydrogen) atoms. The molecule has 114 valence electrons. The van der Waals surface area contributed by atoms with Gasteiger partial charge in [-0.1, -0.05) is 18.2 Å². The van der Waals surface area contributed by atoms with E-state index in [9.17, 15) is 9.59 Å². The summed E-state index contributed by atoms with van der Waals surface area (Å²) in [5.41, 5.74) is 1.42. The van der Waals surface area contributed by atoms with E-state index in [1.165, 1.54) is 6.92 Å². The van der Waals surface area contributed by atoms with E-state index in [-0.39, 0.29) is 11.7 Å². The molecule has 5 nitrogen and oxygen atoms in total. The van der Waals surface area contributed by atoms with Crippen LogP contribution in [0.25, 0.3) is 0 Å². The molecule has 0 fully saturated rings. The molecule has 2 aromatic rings. The Kier molecular flexibility index (Phi) is 4.88. The van der Waals surface area contributed by atoms with E-state index in [0.717, 1.165) is 5.56 Å². The number of rotatable bonds is 5. The van der Waals surface area contributed by atoms with Crippen molar-refractivity contribution in [2.45, 2.75) is 26.9 Å². The van der Waals surface area contributed by atoms with Gasteiger partial charge in [0.15, 0.2) is 11.9 Å². The number of ether oxygens (including phenoxy) is 1. The maximum absolute atomic E-state index is 12.1. The summed E-state index contributed by atoms with van der Waals surface area (Å²) < 4.78 is 5.59. The Bertz CT molecular complexity index is 698. The second kappa shape index (κ2) is 6.85. The quantitative estimate of drug-likeness (QED) is 0.862. The van der Waals surface area contributed by atoms with Gasteiger partial charge in [0.05, 0.1) is 0 Å². The molecule has 0 spiro atoms. The first kappa shape index (κ1) is 15.7. The third-order valence-corrected chi connectivity index (χ3v) is 3.17. The molecule has 0 radical (unpaired) electrons. The second-order valence-electron chi connectivity index (χ2n) is 5.00. The average molecular weight is 298 g/mol. The Morgan fingerprint density at radius 2 is 2.00 bits per heavy atom. The minimum Gasteiger partial charge on any atom is -0.481 e. The third kappa shape index (κ3) is 3.91. The van der Waals surface area contributed by atoms with E-state index < -0.39 is 6.10 Å². The lowest BCUT2D eigenvalue weighted by atomic mass is 10.1. The van der Waals surface area contributed by atoms with Gasteiger partial charge in [-0.2, -0.15) is 0 Å². The highest BCUT2D eigenvalue weighted by Gasteiger charge is 2.16. The Morgan fingerprint density at radius 3 is 2.68 bits per heavy atom. The largest absolute Gasteiger partial charge is 0.481 e. The number of aryl methyl sites for hydroxylation is 1. The van der Waals surface area contributed by atoms with Crippen molar-refractivity contribution in [1.29, 1.82) is 0 Å². The lowest BCUT2D eigenvalue weighted by Crippen LogP contribution is -2.30. The molecule has 5 heteroatoms. The zero-order chi connectivity index (χ0) is 16.1. The zero-order valence-corrected chi connectivity index (χ0v) is 12.8. The molecule has 0 saturated carbocycles. The second-order valence-corrected chi connectivity index (χ2v) is 5.00. The van der Waals surface area contributed by atoms with Crippen LogP contribution in [0.3, 0.4) is 0 Å². The van der Waals surface area contributed by atoms with Crippen LogP contribution in [0.15, 0.2) is 42.6 Å². The van der Waals surface area contributed by atoms with Crippen LogP contribution in [-0.2, 0) is 4.79 Å². The van der Waals surface area contributed by atoms with Crippen LogP contribution in [0.2, 0.25) is 0 Å². The number of anilines is 1. The topological polar surface area (TPSA) is 68.3 Å². The van der Waals surface area contributed by atoms with Gasteiger partial charge >= 0.3 is 0 Å². The molecule has 2 rings (SSSR count). The van der Waals surface area contributed by atoms with Gasteiger partial charge in [0.2, 0.25) is 0 Å². The van der Waals surface area contributed by atoms with Crippen LogP contribution in [-0.4, -0.2) is 22.8 Å². The van der Waals surface area contributed by atoms with Crippen molar-refractivity contribution in [2.75, 3.05) is 5.32 Å². The lowest BCUT2D eigenvalue weighted by molar-refractivity contribution is -0.122. The van der Waals surface area contributed by atoms with Gasteiger partial charge in [-0.25, -0.2) is 4.98 Å². The van der Waals surface area contributed by atoms with Crippen molar-refractivity contribution >= 4 is 17.5 Å². The number of ketones is 1. The van der Waals surface area contributed by atoms with Gasteiger partial charge in [-0.05, 0) is 44.5 Å². The molecule has 0 bridgehead atoms. The molecule has 1 heterocycles. The highest BCUT2D eigenvalue weighted by Crippen LogP contribution is 2.16. The van der Waals surface area contributed by atoms with Crippen molar-refractivity contribution in [3.8, 4) is 5.75 Å². The minimum atomic E-state index is -0.705.